The van der Waals surface area contributed by atoms with Crippen molar-refractivity contribution >= 4 is 89.6 Å². The molecule has 0 bridgehead atoms. The Kier molecular flexibility index (Phi) is 17.3. The molecule has 3 aromatic carbocycles. The van der Waals surface area contributed by atoms with Crippen molar-refractivity contribution in [1.82, 2.24) is 29.5 Å². The highest BCUT2D eigenvalue weighted by atomic mass is 35.5. The van der Waals surface area contributed by atoms with Gasteiger partial charge in [-0.15, -0.1) is 22.7 Å². The zero-order valence-corrected chi connectivity index (χ0v) is 41.1. The number of nitrogens with one attached hydrogen (secondary N) is 3. The largest absolute Gasteiger partial charge is 0.368 e. The van der Waals surface area contributed by atoms with Gasteiger partial charge in [0.05, 0.1) is 19.5 Å². The summed E-state index contributed by atoms with van der Waals surface area (Å²) in [6, 6.07) is 29.1. The molecular weight excluding hydrogens is 980 g/mol. The lowest BCUT2D eigenvalue weighted by Gasteiger charge is -2.34. The molecule has 0 spiro atoms. The van der Waals surface area contributed by atoms with Gasteiger partial charge in [0.1, 0.15) is 14.5 Å². The molecule has 0 aliphatic carbocycles. The van der Waals surface area contributed by atoms with Crippen LogP contribution in [0.1, 0.15) is 61.7 Å². The zero-order chi connectivity index (χ0) is 47.6. The van der Waals surface area contributed by atoms with Crippen molar-refractivity contribution in [3.8, 4) is 0 Å². The molecule has 3 aliphatic heterocycles. The Morgan fingerprint density at radius 3 is 1.58 bits per heavy atom. The molecule has 67 heavy (non-hydrogen) atoms. The molecule has 0 saturated carbocycles. The van der Waals surface area contributed by atoms with Crippen LogP contribution < -0.4 is 16.0 Å². The minimum absolute atomic E-state index is 0.0420. The van der Waals surface area contributed by atoms with Crippen molar-refractivity contribution in [2.24, 2.45) is 0 Å². The number of carbonyl (C=O) groups excluding carboxylic acids is 4. The van der Waals surface area contributed by atoms with Gasteiger partial charge in [-0.3, -0.25) is 19.2 Å². The third kappa shape index (κ3) is 13.5. The molecule has 5 aromatic rings. The van der Waals surface area contributed by atoms with Crippen LogP contribution in [0, 0.1) is 0 Å². The van der Waals surface area contributed by atoms with E-state index < -0.39 is 20.0 Å². The summed E-state index contributed by atoms with van der Waals surface area (Å²) in [6.07, 6.45) is 2.66. The quantitative estimate of drug-likeness (QED) is 0.117. The first-order chi connectivity index (χ1) is 32.1. The average Bonchev–Trinajstić information content (AvgIpc) is 4.15. The van der Waals surface area contributed by atoms with Crippen LogP contribution in [0.5, 0.6) is 0 Å². The summed E-state index contributed by atoms with van der Waals surface area (Å²) in [5.74, 6) is -0.613. The van der Waals surface area contributed by atoms with E-state index in [1.807, 2.05) is 30.3 Å². The van der Waals surface area contributed by atoms with E-state index in [1.165, 1.54) is 8.61 Å². The molecule has 356 valence electrons. The molecule has 3 saturated heterocycles. The van der Waals surface area contributed by atoms with Gasteiger partial charge >= 0.3 is 0 Å². The lowest BCUT2D eigenvalue weighted by Crippen LogP contribution is -2.52. The number of nitrogens with zero attached hydrogens (tertiary/aromatic N) is 3. The molecule has 4 amide bonds. The molecule has 3 aliphatic rings. The third-order valence-corrected chi connectivity index (χ3v) is 18.7. The number of hydrogen-bond donors (Lipinski definition) is 3. The number of amides is 4. The zero-order valence-electron chi connectivity index (χ0n) is 36.3. The third-order valence-electron chi connectivity index (χ3n) is 11.3. The van der Waals surface area contributed by atoms with Crippen LogP contribution in [0.2, 0.25) is 10.0 Å². The number of ether oxygens (including phenoxy) is 1. The van der Waals surface area contributed by atoms with Gasteiger partial charge in [0, 0.05) is 82.8 Å². The van der Waals surface area contributed by atoms with Crippen molar-refractivity contribution in [1.29, 1.82) is 0 Å². The van der Waals surface area contributed by atoms with E-state index in [0.717, 1.165) is 50.8 Å². The topological polar surface area (TPSA) is 192 Å². The van der Waals surface area contributed by atoms with Gasteiger partial charge in [-0.05, 0) is 104 Å². The Labute approximate surface area is 408 Å². The highest BCUT2D eigenvalue weighted by molar-refractivity contribution is 7.91. The van der Waals surface area contributed by atoms with Gasteiger partial charge in [0.25, 0.3) is 37.8 Å². The number of hydrogen-bond acceptors (Lipinski definition) is 11. The van der Waals surface area contributed by atoms with E-state index in [1.54, 1.807) is 77.7 Å². The number of thiophene rings is 2. The number of benzene rings is 3. The summed E-state index contributed by atoms with van der Waals surface area (Å²) in [7, 11) is -7.27. The van der Waals surface area contributed by atoms with Crippen molar-refractivity contribution in [2.75, 3.05) is 45.9 Å². The van der Waals surface area contributed by atoms with Crippen LogP contribution in [0.4, 0.5) is 0 Å². The second-order valence-corrected chi connectivity index (χ2v) is 23.5. The lowest BCUT2D eigenvalue weighted by atomic mass is 10.1. The van der Waals surface area contributed by atoms with E-state index in [0.29, 0.717) is 73.2 Å². The summed E-state index contributed by atoms with van der Waals surface area (Å²) < 4.78 is 61.1. The standard InChI is InChI=1S/C25H26ClN3O4S2.C21H24ClN3O5S2/c26-20-8-6-19(7-9-20)25(31)27-17-22-10-11-24(34-22)35(32,33)29-14-12-21(13-15-29)28-23(30)16-18-4-2-1-3-5-18;22-16-5-3-15(4-6-16)20(26)23-14-17-7-8-19(31-17)32(28,29)25-11-9-24(10-12-25)21(27)18-2-1-13-30-18/h1-11,21H,12-17H2,(H,27,31)(H,28,30);3-8,18H,1-2,9-14H2,(H,23,26). The Morgan fingerprint density at radius 2 is 1.10 bits per heavy atom. The SMILES string of the molecule is O=C(Cc1ccccc1)NC1CCN(S(=O)(=O)c2ccc(CNC(=O)c3ccc(Cl)cc3)s2)CC1.O=C(NCc1ccc(S(=O)(=O)N2CCN(C(=O)C3CCCO3)CC2)s1)c1ccc(Cl)cc1. The van der Waals surface area contributed by atoms with Gasteiger partial charge in [0.2, 0.25) is 5.91 Å². The molecule has 3 N–H and O–H groups in total. The second-order valence-electron chi connectivity index (χ2n) is 16.0. The minimum atomic E-state index is -3.65. The Balaban J connectivity index is 0.000000200. The van der Waals surface area contributed by atoms with E-state index >= 15 is 0 Å². The first-order valence-electron chi connectivity index (χ1n) is 21.6. The number of piperidine rings is 1. The first-order valence-corrected chi connectivity index (χ1v) is 26.9. The van der Waals surface area contributed by atoms with Crippen LogP contribution in [0.15, 0.2) is 112 Å². The predicted molar refractivity (Wildman–Crippen MR) is 258 cm³/mol. The average molecular weight is 1030 g/mol. The van der Waals surface area contributed by atoms with Crippen LogP contribution in [-0.2, 0) is 53.9 Å². The molecule has 1 unspecified atom stereocenters. The first kappa shape index (κ1) is 50.2. The highest BCUT2D eigenvalue weighted by Crippen LogP contribution is 2.29. The van der Waals surface area contributed by atoms with Gasteiger partial charge in [0.15, 0.2) is 0 Å². The van der Waals surface area contributed by atoms with E-state index in [2.05, 4.69) is 16.0 Å². The highest BCUT2D eigenvalue weighted by Gasteiger charge is 2.35. The van der Waals surface area contributed by atoms with Crippen LogP contribution in [0.3, 0.4) is 0 Å². The van der Waals surface area contributed by atoms with E-state index in [-0.39, 0.29) is 70.4 Å². The van der Waals surface area contributed by atoms with E-state index in [9.17, 15) is 36.0 Å². The summed E-state index contributed by atoms with van der Waals surface area (Å²) in [5.41, 5.74) is 1.91. The number of halogens is 2. The molecule has 0 radical (unpaired) electrons. The lowest BCUT2D eigenvalue weighted by molar-refractivity contribution is -0.142. The predicted octanol–water partition coefficient (Wildman–Crippen LogP) is 6.19. The Hall–Kier alpha value is -4.70. The van der Waals surface area contributed by atoms with Gasteiger partial charge in [-0.25, -0.2) is 16.8 Å². The summed E-state index contributed by atoms with van der Waals surface area (Å²) in [4.78, 5) is 52.5. The minimum Gasteiger partial charge on any atom is -0.368 e. The normalized spacial score (nSPS) is 17.3. The van der Waals surface area contributed by atoms with Crippen molar-refractivity contribution in [3.63, 3.8) is 0 Å². The fraction of sp³-hybridized carbons (Fsp3) is 0.348. The summed E-state index contributed by atoms with van der Waals surface area (Å²) >= 11 is 14.0. The molecule has 2 aromatic heterocycles. The van der Waals surface area contributed by atoms with Crippen molar-refractivity contribution in [3.05, 3.63) is 140 Å². The van der Waals surface area contributed by atoms with Crippen LogP contribution in [-0.4, -0.2) is 112 Å². The number of piperazine rings is 1. The maximum atomic E-state index is 13.1. The summed E-state index contributed by atoms with van der Waals surface area (Å²) in [5, 5.41) is 9.71. The maximum absolute atomic E-state index is 13.1. The number of rotatable bonds is 14. The van der Waals surface area contributed by atoms with Gasteiger partial charge in [-0.1, -0.05) is 53.5 Å². The molecule has 1 atom stereocenters. The Bertz CT molecular complexity index is 2720. The molecular formula is C46H50Cl2N6O9S4. The van der Waals surface area contributed by atoms with Crippen molar-refractivity contribution < 1.29 is 40.8 Å². The second kappa shape index (κ2) is 23.1. The van der Waals surface area contributed by atoms with Gasteiger partial charge in [-0.2, -0.15) is 8.61 Å². The van der Waals surface area contributed by atoms with E-state index in [4.69, 9.17) is 27.9 Å². The molecule has 3 fully saturated rings. The summed E-state index contributed by atoms with van der Waals surface area (Å²) in [6.45, 7) is 2.97. The molecule has 15 nitrogen and oxygen atoms in total. The Morgan fingerprint density at radius 1 is 0.612 bits per heavy atom. The number of carbonyl (C=O) groups is 4. The van der Waals surface area contributed by atoms with Gasteiger partial charge < -0.3 is 25.6 Å². The fourth-order valence-corrected chi connectivity index (χ4v) is 13.6. The number of sulfonamides is 2. The van der Waals surface area contributed by atoms with Crippen LogP contribution in [0.25, 0.3) is 0 Å². The molecule has 5 heterocycles. The smallest absolute Gasteiger partial charge is 0.252 e. The fourth-order valence-electron chi connectivity index (χ4n) is 7.61. The molecule has 8 rings (SSSR count). The van der Waals surface area contributed by atoms with Crippen LogP contribution >= 0.6 is 45.9 Å². The maximum Gasteiger partial charge on any atom is 0.252 e. The van der Waals surface area contributed by atoms with Crippen molar-refractivity contribution in [2.45, 2.75) is 65.8 Å². The monoisotopic (exact) mass is 1030 g/mol. The molecule has 21 heteroatoms.